The number of rotatable bonds is 6. The van der Waals surface area contributed by atoms with E-state index in [2.05, 4.69) is 5.32 Å². The molecule has 0 spiro atoms. The van der Waals surface area contributed by atoms with E-state index in [1.54, 1.807) is 48.4 Å². The molecule has 26 heavy (non-hydrogen) atoms. The lowest BCUT2D eigenvalue weighted by Gasteiger charge is -2.17. The minimum atomic E-state index is -0.526. The van der Waals surface area contributed by atoms with Gasteiger partial charge < -0.3 is 19.7 Å². The molecular formula is C19H19FN2O4. The molecule has 7 heteroatoms. The molecule has 0 radical (unpaired) electrons. The number of hydrogen-bond acceptors (Lipinski definition) is 4. The summed E-state index contributed by atoms with van der Waals surface area (Å²) in [5, 5.41) is 2.75. The van der Waals surface area contributed by atoms with Crippen LogP contribution in [0.5, 0.6) is 11.5 Å². The Morgan fingerprint density at radius 1 is 1.23 bits per heavy atom. The number of methoxy groups -OCH3 is 1. The maximum Gasteiger partial charge on any atom is 0.258 e. The minimum absolute atomic E-state index is 0.0185. The predicted molar refractivity (Wildman–Crippen MR) is 93.8 cm³/mol. The second-order valence-electron chi connectivity index (χ2n) is 5.89. The van der Waals surface area contributed by atoms with Crippen LogP contribution in [0.1, 0.15) is 6.42 Å². The molecule has 6 nitrogen and oxygen atoms in total. The average Bonchev–Trinajstić information content (AvgIpc) is 3.01. The summed E-state index contributed by atoms with van der Waals surface area (Å²) < 4.78 is 23.7. The molecule has 1 atom stereocenters. The summed E-state index contributed by atoms with van der Waals surface area (Å²) in [6, 6.07) is 12.7. The molecule has 1 aliphatic heterocycles. The van der Waals surface area contributed by atoms with Crippen LogP contribution < -0.4 is 19.7 Å². The van der Waals surface area contributed by atoms with Crippen LogP contribution in [-0.4, -0.2) is 38.1 Å². The van der Waals surface area contributed by atoms with Crippen LogP contribution in [0.3, 0.4) is 0 Å². The van der Waals surface area contributed by atoms with E-state index in [9.17, 15) is 14.0 Å². The zero-order valence-corrected chi connectivity index (χ0v) is 14.3. The third kappa shape index (κ3) is 4.11. The number of amides is 2. The van der Waals surface area contributed by atoms with Crippen LogP contribution in [0.15, 0.2) is 48.5 Å². The van der Waals surface area contributed by atoms with Gasteiger partial charge in [0.05, 0.1) is 13.2 Å². The fourth-order valence-electron chi connectivity index (χ4n) is 2.79. The molecule has 0 unspecified atom stereocenters. The quantitative estimate of drug-likeness (QED) is 0.859. The smallest absolute Gasteiger partial charge is 0.258 e. The van der Waals surface area contributed by atoms with Gasteiger partial charge >= 0.3 is 0 Å². The molecule has 0 bridgehead atoms. The summed E-state index contributed by atoms with van der Waals surface area (Å²) in [4.78, 5) is 25.8. The van der Waals surface area contributed by atoms with Crippen LogP contribution in [-0.2, 0) is 9.59 Å². The Bertz CT molecular complexity index is 794. The zero-order chi connectivity index (χ0) is 18.5. The van der Waals surface area contributed by atoms with E-state index in [1.807, 2.05) is 0 Å². The Kier molecular flexibility index (Phi) is 5.36. The molecule has 0 saturated carbocycles. The Morgan fingerprint density at radius 3 is 2.65 bits per heavy atom. The van der Waals surface area contributed by atoms with Gasteiger partial charge in [0, 0.05) is 18.7 Å². The number of nitrogens with one attached hydrogen (secondary N) is 1. The molecule has 2 aromatic rings. The van der Waals surface area contributed by atoms with E-state index in [-0.39, 0.29) is 30.7 Å². The Morgan fingerprint density at radius 2 is 1.96 bits per heavy atom. The normalized spacial score (nSPS) is 16.5. The standard InChI is InChI=1S/C19H19FN2O4/c1-25-15-8-6-14(7-9-15)22-11-13(10-19(22)24)21-18(23)12-26-17-5-3-2-4-16(17)20/h2-9,13H,10-12H2,1H3,(H,21,23)/t13-/m1/s1. The molecule has 2 aromatic carbocycles. The first-order chi connectivity index (χ1) is 12.6. The average molecular weight is 358 g/mol. The van der Waals surface area contributed by atoms with Gasteiger partial charge in [-0.25, -0.2) is 4.39 Å². The molecule has 1 N–H and O–H groups in total. The van der Waals surface area contributed by atoms with Gasteiger partial charge in [-0.3, -0.25) is 9.59 Å². The lowest BCUT2D eigenvalue weighted by molar-refractivity contribution is -0.123. The molecule has 3 rings (SSSR count). The van der Waals surface area contributed by atoms with Crippen molar-refractivity contribution < 1.29 is 23.5 Å². The van der Waals surface area contributed by atoms with E-state index in [0.717, 1.165) is 5.69 Å². The van der Waals surface area contributed by atoms with Gasteiger partial charge in [-0.2, -0.15) is 0 Å². The number of carbonyl (C=O) groups excluding carboxylic acids is 2. The van der Waals surface area contributed by atoms with Crippen molar-refractivity contribution in [2.24, 2.45) is 0 Å². The lowest BCUT2D eigenvalue weighted by atomic mass is 10.2. The summed E-state index contributed by atoms with van der Waals surface area (Å²) in [5.41, 5.74) is 0.746. The third-order valence-electron chi connectivity index (χ3n) is 4.07. The molecule has 1 saturated heterocycles. The van der Waals surface area contributed by atoms with Crippen molar-refractivity contribution in [2.45, 2.75) is 12.5 Å². The Hall–Kier alpha value is -3.09. The van der Waals surface area contributed by atoms with Gasteiger partial charge in [0.2, 0.25) is 5.91 Å². The van der Waals surface area contributed by atoms with Crippen molar-refractivity contribution in [3.05, 3.63) is 54.3 Å². The van der Waals surface area contributed by atoms with E-state index in [1.165, 1.54) is 12.1 Å². The third-order valence-corrected chi connectivity index (χ3v) is 4.07. The number of nitrogens with zero attached hydrogens (tertiary/aromatic N) is 1. The first-order valence-corrected chi connectivity index (χ1v) is 8.18. The van der Waals surface area contributed by atoms with Gasteiger partial charge in [0.15, 0.2) is 18.2 Å². The van der Waals surface area contributed by atoms with Gasteiger partial charge in [0.25, 0.3) is 5.91 Å². The lowest BCUT2D eigenvalue weighted by Crippen LogP contribution is -2.39. The monoisotopic (exact) mass is 358 g/mol. The summed E-state index contributed by atoms with van der Waals surface area (Å²) in [6.45, 7) is 0.0603. The van der Waals surface area contributed by atoms with Crippen molar-refractivity contribution in [1.82, 2.24) is 5.32 Å². The first-order valence-electron chi connectivity index (χ1n) is 8.18. The second kappa shape index (κ2) is 7.86. The predicted octanol–water partition coefficient (Wildman–Crippen LogP) is 2.13. The van der Waals surface area contributed by atoms with Crippen molar-refractivity contribution in [3.63, 3.8) is 0 Å². The van der Waals surface area contributed by atoms with Crippen LogP contribution in [0.2, 0.25) is 0 Å². The number of halogens is 1. The molecule has 0 aliphatic carbocycles. The molecule has 136 valence electrons. The van der Waals surface area contributed by atoms with Crippen LogP contribution >= 0.6 is 0 Å². The van der Waals surface area contributed by atoms with Gasteiger partial charge in [0.1, 0.15) is 5.75 Å². The number of hydrogen-bond donors (Lipinski definition) is 1. The Balaban J connectivity index is 1.53. The highest BCUT2D eigenvalue weighted by Crippen LogP contribution is 2.24. The second-order valence-corrected chi connectivity index (χ2v) is 5.89. The SMILES string of the molecule is COc1ccc(N2C[C@H](NC(=O)COc3ccccc3F)CC2=O)cc1. The molecule has 1 heterocycles. The van der Waals surface area contributed by atoms with E-state index >= 15 is 0 Å². The molecule has 1 aliphatic rings. The van der Waals surface area contributed by atoms with Crippen LogP contribution in [0.25, 0.3) is 0 Å². The fraction of sp³-hybridized carbons (Fsp3) is 0.263. The highest BCUT2D eigenvalue weighted by molar-refractivity contribution is 5.97. The van der Waals surface area contributed by atoms with E-state index in [0.29, 0.717) is 12.3 Å². The number of ether oxygens (including phenoxy) is 2. The maximum atomic E-state index is 13.5. The number of anilines is 1. The van der Waals surface area contributed by atoms with Crippen molar-refractivity contribution in [3.8, 4) is 11.5 Å². The molecule has 0 aromatic heterocycles. The number of benzene rings is 2. The fourth-order valence-corrected chi connectivity index (χ4v) is 2.79. The highest BCUT2D eigenvalue weighted by atomic mass is 19.1. The van der Waals surface area contributed by atoms with Gasteiger partial charge in [-0.1, -0.05) is 12.1 Å². The highest BCUT2D eigenvalue weighted by Gasteiger charge is 2.31. The van der Waals surface area contributed by atoms with Crippen LogP contribution in [0.4, 0.5) is 10.1 Å². The van der Waals surface area contributed by atoms with Crippen molar-refractivity contribution >= 4 is 17.5 Å². The van der Waals surface area contributed by atoms with Gasteiger partial charge in [-0.05, 0) is 36.4 Å². The van der Waals surface area contributed by atoms with E-state index in [4.69, 9.17) is 9.47 Å². The van der Waals surface area contributed by atoms with Gasteiger partial charge in [-0.15, -0.1) is 0 Å². The molecular weight excluding hydrogens is 339 g/mol. The minimum Gasteiger partial charge on any atom is -0.497 e. The first kappa shape index (κ1) is 17.7. The maximum absolute atomic E-state index is 13.5. The van der Waals surface area contributed by atoms with Crippen molar-refractivity contribution in [2.75, 3.05) is 25.2 Å². The summed E-state index contributed by atoms with van der Waals surface area (Å²) in [7, 11) is 1.57. The molecule has 2 amide bonds. The zero-order valence-electron chi connectivity index (χ0n) is 14.3. The summed E-state index contributed by atoms with van der Waals surface area (Å²) >= 11 is 0. The number of para-hydroxylation sites is 1. The largest absolute Gasteiger partial charge is 0.497 e. The summed E-state index contributed by atoms with van der Waals surface area (Å²) in [5.74, 6) is -0.277. The van der Waals surface area contributed by atoms with E-state index < -0.39 is 11.7 Å². The summed E-state index contributed by atoms with van der Waals surface area (Å²) in [6.07, 6.45) is 0.206. The number of carbonyl (C=O) groups is 2. The Labute approximate surface area is 150 Å². The van der Waals surface area contributed by atoms with Crippen LogP contribution in [0, 0.1) is 5.82 Å². The molecule has 1 fully saturated rings. The topological polar surface area (TPSA) is 67.9 Å². The van der Waals surface area contributed by atoms with Crippen molar-refractivity contribution in [1.29, 1.82) is 0 Å².